The predicted octanol–water partition coefficient (Wildman–Crippen LogP) is 2.16. The SMILES string of the molecule is Cc1noc(C(CO)NC(=O)Nc2ccc3nn(C(C)C)cc3c2)n1. The van der Waals surface area contributed by atoms with E-state index in [-0.39, 0.29) is 18.5 Å². The summed E-state index contributed by atoms with van der Waals surface area (Å²) in [5, 5.41) is 23.8. The summed E-state index contributed by atoms with van der Waals surface area (Å²) in [6, 6.07) is 4.46. The van der Waals surface area contributed by atoms with Crippen molar-refractivity contribution in [3.05, 3.63) is 36.1 Å². The molecule has 3 rings (SSSR count). The summed E-state index contributed by atoms with van der Waals surface area (Å²) in [4.78, 5) is 16.2. The summed E-state index contributed by atoms with van der Waals surface area (Å²) >= 11 is 0. The normalized spacial score (nSPS) is 12.5. The Kier molecular flexibility index (Phi) is 4.66. The monoisotopic (exact) mass is 344 g/mol. The Balaban J connectivity index is 1.70. The Hall–Kier alpha value is -2.94. The van der Waals surface area contributed by atoms with Crippen LogP contribution in [-0.4, -0.2) is 37.7 Å². The highest BCUT2D eigenvalue weighted by Gasteiger charge is 2.19. The fraction of sp³-hybridized carbons (Fsp3) is 0.375. The van der Waals surface area contributed by atoms with E-state index in [1.54, 1.807) is 13.0 Å². The first-order valence-corrected chi connectivity index (χ1v) is 7.93. The molecule has 1 aromatic carbocycles. The van der Waals surface area contributed by atoms with Crippen LogP contribution in [0.4, 0.5) is 10.5 Å². The number of amides is 2. The zero-order valence-electron chi connectivity index (χ0n) is 14.2. The van der Waals surface area contributed by atoms with Crippen LogP contribution < -0.4 is 10.6 Å². The number of aliphatic hydroxyl groups excluding tert-OH is 1. The van der Waals surface area contributed by atoms with Crippen molar-refractivity contribution in [3.8, 4) is 0 Å². The zero-order valence-corrected chi connectivity index (χ0v) is 14.2. The molecule has 3 N–H and O–H groups in total. The van der Waals surface area contributed by atoms with Gasteiger partial charge >= 0.3 is 6.03 Å². The van der Waals surface area contributed by atoms with Crippen LogP contribution in [0.3, 0.4) is 0 Å². The standard InChI is InChI=1S/C16H20N6O3/c1-9(2)22-7-11-6-12(4-5-13(11)20-22)18-16(24)19-14(8-23)15-17-10(3)21-25-15/h4-7,9,14,23H,8H2,1-3H3,(H2,18,19,24). The van der Waals surface area contributed by atoms with Crippen molar-refractivity contribution in [2.24, 2.45) is 0 Å². The number of aromatic nitrogens is 4. The molecule has 0 saturated carbocycles. The largest absolute Gasteiger partial charge is 0.394 e. The van der Waals surface area contributed by atoms with Crippen LogP contribution in [0.5, 0.6) is 0 Å². The molecule has 25 heavy (non-hydrogen) atoms. The average Bonchev–Trinajstić information content (AvgIpc) is 3.18. The number of hydrogen-bond donors (Lipinski definition) is 3. The Labute approximate surface area is 144 Å². The number of urea groups is 1. The minimum absolute atomic E-state index is 0.156. The number of aryl methyl sites for hydroxylation is 1. The van der Waals surface area contributed by atoms with Crippen molar-refractivity contribution >= 4 is 22.6 Å². The van der Waals surface area contributed by atoms with Gasteiger partial charge in [-0.15, -0.1) is 0 Å². The molecule has 0 aliphatic carbocycles. The molecule has 2 heterocycles. The molecular weight excluding hydrogens is 324 g/mol. The molecule has 0 spiro atoms. The number of nitrogens with one attached hydrogen (secondary N) is 2. The van der Waals surface area contributed by atoms with Gasteiger partial charge in [0.15, 0.2) is 5.82 Å². The van der Waals surface area contributed by atoms with Gasteiger partial charge in [-0.1, -0.05) is 5.16 Å². The van der Waals surface area contributed by atoms with E-state index in [9.17, 15) is 9.90 Å². The summed E-state index contributed by atoms with van der Waals surface area (Å²) in [5.74, 6) is 0.590. The number of aliphatic hydroxyl groups is 1. The summed E-state index contributed by atoms with van der Waals surface area (Å²) in [6.45, 7) is 5.41. The fourth-order valence-electron chi connectivity index (χ4n) is 2.35. The topological polar surface area (TPSA) is 118 Å². The van der Waals surface area contributed by atoms with Gasteiger partial charge in [-0.05, 0) is 39.0 Å². The van der Waals surface area contributed by atoms with Crippen molar-refractivity contribution in [2.75, 3.05) is 11.9 Å². The van der Waals surface area contributed by atoms with E-state index in [0.29, 0.717) is 11.5 Å². The van der Waals surface area contributed by atoms with Gasteiger partial charge in [0.05, 0.1) is 12.1 Å². The highest BCUT2D eigenvalue weighted by atomic mass is 16.5. The maximum absolute atomic E-state index is 12.2. The number of carbonyl (C=O) groups excluding carboxylic acids is 1. The maximum atomic E-state index is 12.2. The molecule has 0 bridgehead atoms. The van der Waals surface area contributed by atoms with E-state index in [1.807, 2.05) is 36.9 Å². The van der Waals surface area contributed by atoms with Crippen LogP contribution in [0.15, 0.2) is 28.9 Å². The second-order valence-electron chi connectivity index (χ2n) is 5.99. The number of carbonyl (C=O) groups is 1. The molecule has 9 heteroatoms. The molecule has 0 radical (unpaired) electrons. The lowest BCUT2D eigenvalue weighted by molar-refractivity contribution is 0.205. The molecule has 0 saturated heterocycles. The minimum atomic E-state index is -0.770. The van der Waals surface area contributed by atoms with Crippen LogP contribution >= 0.6 is 0 Å². The van der Waals surface area contributed by atoms with Crippen molar-refractivity contribution in [1.29, 1.82) is 0 Å². The van der Waals surface area contributed by atoms with Crippen LogP contribution in [0.1, 0.15) is 37.6 Å². The van der Waals surface area contributed by atoms with Gasteiger partial charge in [0.25, 0.3) is 5.89 Å². The minimum Gasteiger partial charge on any atom is -0.394 e. The molecule has 0 aliphatic rings. The number of hydrogen-bond acceptors (Lipinski definition) is 6. The van der Waals surface area contributed by atoms with E-state index >= 15 is 0 Å². The third kappa shape index (κ3) is 3.77. The Bertz CT molecular complexity index is 885. The van der Waals surface area contributed by atoms with Gasteiger partial charge in [0.1, 0.15) is 6.04 Å². The van der Waals surface area contributed by atoms with Crippen LogP contribution in [-0.2, 0) is 0 Å². The third-order valence-corrected chi connectivity index (χ3v) is 3.64. The summed E-state index contributed by atoms with van der Waals surface area (Å²) < 4.78 is 6.85. The average molecular weight is 344 g/mol. The van der Waals surface area contributed by atoms with E-state index in [1.165, 1.54) is 0 Å². The summed E-state index contributed by atoms with van der Waals surface area (Å²) in [5.41, 5.74) is 1.47. The number of anilines is 1. The number of rotatable bonds is 5. The van der Waals surface area contributed by atoms with Gasteiger partial charge in [-0.25, -0.2) is 4.79 Å². The van der Waals surface area contributed by atoms with Gasteiger partial charge in [-0.2, -0.15) is 10.1 Å². The van der Waals surface area contributed by atoms with Crippen molar-refractivity contribution in [1.82, 2.24) is 25.2 Å². The lowest BCUT2D eigenvalue weighted by Gasteiger charge is -2.13. The van der Waals surface area contributed by atoms with Crippen LogP contribution in [0.2, 0.25) is 0 Å². The molecule has 0 fully saturated rings. The number of benzene rings is 1. The van der Waals surface area contributed by atoms with Gasteiger partial charge in [0, 0.05) is 23.3 Å². The quantitative estimate of drug-likeness (QED) is 0.653. The predicted molar refractivity (Wildman–Crippen MR) is 91.1 cm³/mol. The number of nitrogens with zero attached hydrogens (tertiary/aromatic N) is 4. The Morgan fingerprint density at radius 1 is 1.40 bits per heavy atom. The molecule has 3 aromatic rings. The Morgan fingerprint density at radius 2 is 2.20 bits per heavy atom. The first-order chi connectivity index (χ1) is 12.0. The first-order valence-electron chi connectivity index (χ1n) is 7.93. The number of fused-ring (bicyclic) bond motifs is 1. The second kappa shape index (κ2) is 6.89. The molecule has 1 unspecified atom stereocenters. The smallest absolute Gasteiger partial charge is 0.319 e. The van der Waals surface area contributed by atoms with Crippen molar-refractivity contribution in [2.45, 2.75) is 32.9 Å². The second-order valence-corrected chi connectivity index (χ2v) is 5.99. The van der Waals surface area contributed by atoms with E-state index in [0.717, 1.165) is 10.9 Å². The van der Waals surface area contributed by atoms with Gasteiger partial charge in [-0.3, -0.25) is 4.68 Å². The lowest BCUT2D eigenvalue weighted by atomic mass is 10.2. The van der Waals surface area contributed by atoms with Gasteiger partial charge < -0.3 is 20.3 Å². The van der Waals surface area contributed by atoms with Crippen LogP contribution in [0, 0.1) is 6.92 Å². The maximum Gasteiger partial charge on any atom is 0.319 e. The summed E-state index contributed by atoms with van der Waals surface area (Å²) in [7, 11) is 0. The molecule has 0 aliphatic heterocycles. The molecule has 9 nitrogen and oxygen atoms in total. The summed E-state index contributed by atoms with van der Waals surface area (Å²) in [6.07, 6.45) is 1.93. The van der Waals surface area contributed by atoms with Crippen molar-refractivity contribution < 1.29 is 14.4 Å². The first kappa shape index (κ1) is 16.9. The highest BCUT2D eigenvalue weighted by molar-refractivity contribution is 5.92. The molecule has 1 atom stereocenters. The lowest BCUT2D eigenvalue weighted by Crippen LogP contribution is -2.34. The van der Waals surface area contributed by atoms with Crippen LogP contribution in [0.25, 0.3) is 10.9 Å². The highest BCUT2D eigenvalue weighted by Crippen LogP contribution is 2.20. The molecule has 2 amide bonds. The third-order valence-electron chi connectivity index (χ3n) is 3.64. The molecular formula is C16H20N6O3. The fourth-order valence-corrected chi connectivity index (χ4v) is 2.35. The van der Waals surface area contributed by atoms with Gasteiger partial charge in [0.2, 0.25) is 0 Å². The van der Waals surface area contributed by atoms with E-state index in [4.69, 9.17) is 4.52 Å². The molecule has 2 aromatic heterocycles. The van der Waals surface area contributed by atoms with E-state index < -0.39 is 12.1 Å². The van der Waals surface area contributed by atoms with E-state index in [2.05, 4.69) is 25.9 Å². The molecule has 132 valence electrons. The Morgan fingerprint density at radius 3 is 2.84 bits per heavy atom. The van der Waals surface area contributed by atoms with Crippen molar-refractivity contribution in [3.63, 3.8) is 0 Å². The zero-order chi connectivity index (χ0) is 18.0.